The van der Waals surface area contributed by atoms with Crippen LogP contribution >= 0.6 is 0 Å². The van der Waals surface area contributed by atoms with Gasteiger partial charge in [0.1, 0.15) is 11.3 Å². The third-order valence-electron chi connectivity index (χ3n) is 7.31. The number of fused-ring (bicyclic) bond motifs is 4. The van der Waals surface area contributed by atoms with Crippen molar-refractivity contribution < 1.29 is 9.66 Å². The van der Waals surface area contributed by atoms with E-state index in [2.05, 4.69) is 34.7 Å². The van der Waals surface area contributed by atoms with E-state index in [-0.39, 0.29) is 16.0 Å². The third kappa shape index (κ3) is 3.13. The van der Waals surface area contributed by atoms with Crippen LogP contribution in [0.5, 0.6) is 5.75 Å². The summed E-state index contributed by atoms with van der Waals surface area (Å²) >= 11 is 0. The maximum atomic E-state index is 11.6. The minimum absolute atomic E-state index is 0.0190. The Morgan fingerprint density at radius 2 is 2.19 bits per heavy atom. The number of hydrogen-bond donors (Lipinski definition) is 1. The number of rotatable bonds is 5. The van der Waals surface area contributed by atoms with E-state index >= 15 is 0 Å². The molecule has 0 amide bonds. The summed E-state index contributed by atoms with van der Waals surface area (Å²) in [6, 6.07) is 13.8. The number of aromatic nitrogens is 1. The number of aromatic amines is 1. The summed E-state index contributed by atoms with van der Waals surface area (Å²) in [6.45, 7) is 6.81. The molecule has 0 saturated carbocycles. The molecule has 2 aliphatic rings. The van der Waals surface area contributed by atoms with Crippen molar-refractivity contribution in [2.75, 3.05) is 26.7 Å². The van der Waals surface area contributed by atoms with Gasteiger partial charge in [-0.05, 0) is 55.0 Å². The molecule has 1 N–H and O–H groups in total. The maximum Gasteiger partial charge on any atom is 0.293 e. The van der Waals surface area contributed by atoms with Gasteiger partial charge in [-0.1, -0.05) is 30.3 Å². The summed E-state index contributed by atoms with van der Waals surface area (Å²) in [5.41, 5.74) is 4.46. The first-order valence-electron chi connectivity index (χ1n) is 10.8. The van der Waals surface area contributed by atoms with E-state index < -0.39 is 0 Å². The molecule has 6 nitrogen and oxygen atoms in total. The van der Waals surface area contributed by atoms with Crippen LogP contribution in [0.1, 0.15) is 23.2 Å². The molecule has 1 aliphatic heterocycles. The van der Waals surface area contributed by atoms with Gasteiger partial charge in [0.2, 0.25) is 0 Å². The zero-order chi connectivity index (χ0) is 21.6. The second kappa shape index (κ2) is 7.54. The van der Waals surface area contributed by atoms with Crippen LogP contribution < -0.4 is 4.74 Å². The van der Waals surface area contributed by atoms with E-state index in [0.29, 0.717) is 11.4 Å². The minimum atomic E-state index is -0.291. The number of non-ortho nitro benzene ring substituents is 1. The van der Waals surface area contributed by atoms with Gasteiger partial charge < -0.3 is 9.72 Å². The van der Waals surface area contributed by atoms with Crippen LogP contribution in [0.15, 0.2) is 55.1 Å². The molecule has 1 aromatic heterocycles. The lowest BCUT2D eigenvalue weighted by molar-refractivity contribution is -0.383. The van der Waals surface area contributed by atoms with Crippen molar-refractivity contribution in [3.05, 3.63) is 82.1 Å². The van der Waals surface area contributed by atoms with Gasteiger partial charge >= 0.3 is 0 Å². The summed E-state index contributed by atoms with van der Waals surface area (Å²) < 4.78 is 5.53. The van der Waals surface area contributed by atoms with Crippen molar-refractivity contribution in [3.63, 3.8) is 0 Å². The fourth-order valence-electron chi connectivity index (χ4n) is 5.81. The molecule has 6 heteroatoms. The maximum absolute atomic E-state index is 11.6. The van der Waals surface area contributed by atoms with Gasteiger partial charge in [0.05, 0.1) is 12.0 Å². The van der Waals surface area contributed by atoms with Crippen LogP contribution in [-0.2, 0) is 18.3 Å². The first-order valence-corrected chi connectivity index (χ1v) is 10.8. The summed E-state index contributed by atoms with van der Waals surface area (Å²) in [5.74, 6) is 1.29. The van der Waals surface area contributed by atoms with E-state index in [1.165, 1.54) is 11.1 Å². The molecule has 0 radical (unpaired) electrons. The number of likely N-dealkylation sites (tertiary alicyclic amines) is 1. The minimum Gasteiger partial charge on any atom is -0.497 e. The molecular formula is C25H27N3O3. The monoisotopic (exact) mass is 417 g/mol. The van der Waals surface area contributed by atoms with Gasteiger partial charge in [-0.15, -0.1) is 6.58 Å². The van der Waals surface area contributed by atoms with Gasteiger partial charge in [0, 0.05) is 35.7 Å². The Morgan fingerprint density at radius 1 is 1.35 bits per heavy atom. The van der Waals surface area contributed by atoms with Crippen LogP contribution in [0.3, 0.4) is 0 Å². The summed E-state index contributed by atoms with van der Waals surface area (Å²) in [6.07, 6.45) is 4.77. The van der Waals surface area contributed by atoms with E-state index in [9.17, 15) is 10.1 Å². The Hall–Kier alpha value is -3.12. The van der Waals surface area contributed by atoms with Crippen molar-refractivity contribution in [3.8, 4) is 5.75 Å². The summed E-state index contributed by atoms with van der Waals surface area (Å²) in [4.78, 5) is 17.2. The molecule has 2 heterocycles. The molecule has 5 rings (SSSR count). The van der Waals surface area contributed by atoms with E-state index in [1.807, 2.05) is 18.2 Å². The number of nitro benzene ring substituents is 1. The lowest BCUT2D eigenvalue weighted by Gasteiger charge is -2.51. The first-order chi connectivity index (χ1) is 15.1. The molecule has 0 bridgehead atoms. The average molecular weight is 418 g/mol. The van der Waals surface area contributed by atoms with Crippen LogP contribution in [-0.4, -0.2) is 41.6 Å². The largest absolute Gasteiger partial charge is 0.497 e. The quantitative estimate of drug-likeness (QED) is 0.373. The van der Waals surface area contributed by atoms with E-state index in [0.717, 1.165) is 55.7 Å². The smallest absolute Gasteiger partial charge is 0.293 e. The lowest BCUT2D eigenvalue weighted by atomic mass is 9.58. The number of H-pyrrole nitrogens is 1. The molecule has 0 spiro atoms. The molecule has 3 aromatic rings. The second-order valence-electron chi connectivity index (χ2n) is 8.80. The topological polar surface area (TPSA) is 71.4 Å². The number of hydrogen-bond acceptors (Lipinski definition) is 4. The predicted octanol–water partition coefficient (Wildman–Crippen LogP) is 4.63. The lowest BCUT2D eigenvalue weighted by Crippen LogP contribution is -2.53. The number of nitrogens with one attached hydrogen (secondary N) is 1. The molecular weight excluding hydrogens is 390 g/mol. The Balaban J connectivity index is 1.65. The van der Waals surface area contributed by atoms with Crippen LogP contribution in [0.2, 0.25) is 0 Å². The number of benzene rings is 2. The fourth-order valence-corrected chi connectivity index (χ4v) is 5.81. The third-order valence-corrected chi connectivity index (χ3v) is 7.31. The Bertz CT molecular complexity index is 1170. The Kier molecular flexibility index (Phi) is 4.82. The highest BCUT2D eigenvalue weighted by atomic mass is 16.6. The predicted molar refractivity (Wildman–Crippen MR) is 122 cm³/mol. The number of methoxy groups -OCH3 is 1. The number of nitrogens with zero attached hydrogens (tertiary/aromatic N) is 2. The molecule has 2 atom stereocenters. The highest BCUT2D eigenvalue weighted by molar-refractivity contribution is 5.92. The highest BCUT2D eigenvalue weighted by Crippen LogP contribution is 2.50. The van der Waals surface area contributed by atoms with Gasteiger partial charge in [-0.3, -0.25) is 15.0 Å². The van der Waals surface area contributed by atoms with Crippen LogP contribution in [0.4, 0.5) is 5.69 Å². The zero-order valence-corrected chi connectivity index (χ0v) is 17.8. The van der Waals surface area contributed by atoms with E-state index in [4.69, 9.17) is 4.74 Å². The average Bonchev–Trinajstić information content (AvgIpc) is 3.14. The molecule has 2 aromatic carbocycles. The molecule has 1 aliphatic carbocycles. The summed E-state index contributed by atoms with van der Waals surface area (Å²) in [7, 11) is 1.71. The van der Waals surface area contributed by atoms with Gasteiger partial charge in [-0.25, -0.2) is 0 Å². The van der Waals surface area contributed by atoms with Crippen LogP contribution in [0, 0.1) is 16.0 Å². The van der Waals surface area contributed by atoms with E-state index in [1.54, 1.807) is 19.2 Å². The molecule has 2 unspecified atom stereocenters. The Morgan fingerprint density at radius 3 is 2.97 bits per heavy atom. The van der Waals surface area contributed by atoms with Crippen molar-refractivity contribution in [1.29, 1.82) is 0 Å². The second-order valence-corrected chi connectivity index (χ2v) is 8.80. The van der Waals surface area contributed by atoms with Crippen molar-refractivity contribution in [2.24, 2.45) is 5.92 Å². The van der Waals surface area contributed by atoms with Crippen LogP contribution in [0.25, 0.3) is 10.9 Å². The summed E-state index contributed by atoms with van der Waals surface area (Å²) in [5, 5.41) is 12.6. The van der Waals surface area contributed by atoms with Gasteiger partial charge in [0.25, 0.3) is 5.69 Å². The number of ether oxygens (including phenoxy) is 1. The van der Waals surface area contributed by atoms with Crippen molar-refractivity contribution in [2.45, 2.75) is 24.7 Å². The van der Waals surface area contributed by atoms with Gasteiger partial charge in [0.15, 0.2) is 0 Å². The fraction of sp³-hybridized carbons (Fsp3) is 0.360. The first kappa shape index (κ1) is 19.8. The number of piperidine rings is 1. The van der Waals surface area contributed by atoms with Crippen molar-refractivity contribution >= 4 is 16.6 Å². The molecule has 1 saturated heterocycles. The SMILES string of the molecule is C=CCN1CCC2(c3cccc(OC)c3)Cc3[nH]c4c([N+](=O)[O-])cccc4c3CC2C1. The number of para-hydroxylation sites is 1. The zero-order valence-electron chi connectivity index (χ0n) is 17.8. The Labute approximate surface area is 181 Å². The van der Waals surface area contributed by atoms with Crippen molar-refractivity contribution in [1.82, 2.24) is 9.88 Å². The standard InChI is InChI=1S/C25H27N3O3/c1-3-11-27-12-10-25(17-6-4-7-19(13-17)31-2)15-22-21(14-18(25)16-27)20-8-5-9-23(28(29)30)24(20)26-22/h3-9,13,18,26H,1,10-12,14-16H2,2H3. The van der Waals surface area contributed by atoms with Gasteiger partial charge in [-0.2, -0.15) is 0 Å². The molecule has 31 heavy (non-hydrogen) atoms. The molecule has 160 valence electrons. The number of nitro groups is 1. The normalized spacial score (nSPS) is 23.2. The highest BCUT2D eigenvalue weighted by Gasteiger charge is 2.48. The molecule has 1 fully saturated rings.